The third-order valence-electron chi connectivity index (χ3n) is 7.07. The number of nitrogens with one attached hydrogen (secondary N) is 2. The maximum atomic E-state index is 14.2. The van der Waals surface area contributed by atoms with Crippen LogP contribution in [0.1, 0.15) is 11.1 Å². The lowest BCUT2D eigenvalue weighted by Crippen LogP contribution is -2.64. The number of hydrogen-bond donors (Lipinski definition) is 3. The first-order chi connectivity index (χ1) is 19.0. The Morgan fingerprint density at radius 1 is 0.975 bits per heavy atom. The number of alkyl halides is 3. The molecule has 3 aromatic carbocycles. The first kappa shape index (κ1) is 28.3. The van der Waals surface area contributed by atoms with Crippen molar-refractivity contribution in [3.8, 4) is 5.75 Å². The molecule has 2 aliphatic heterocycles. The van der Waals surface area contributed by atoms with Crippen LogP contribution in [0.15, 0.2) is 69.9 Å². The van der Waals surface area contributed by atoms with Crippen molar-refractivity contribution in [2.45, 2.75) is 42.3 Å². The molecule has 13 heteroatoms. The molecular formula is C27H27F5N4O3S. The minimum Gasteiger partial charge on any atom is -0.406 e. The fraction of sp³-hybridized carbons (Fsp3) is 0.333. The van der Waals surface area contributed by atoms with Crippen LogP contribution in [0.5, 0.6) is 5.75 Å². The van der Waals surface area contributed by atoms with Crippen molar-refractivity contribution in [2.75, 3.05) is 25.0 Å². The lowest BCUT2D eigenvalue weighted by molar-refractivity contribution is -0.274. The molecule has 3 N–H and O–H groups in total. The lowest BCUT2D eigenvalue weighted by Gasteiger charge is -2.43. The normalized spacial score (nSPS) is 22.5. The molecule has 0 radical (unpaired) electrons. The molecule has 2 aliphatic rings. The predicted molar refractivity (Wildman–Crippen MR) is 140 cm³/mol. The molecule has 0 spiro atoms. The largest absolute Gasteiger partial charge is 0.573 e. The number of halogens is 5. The van der Waals surface area contributed by atoms with Crippen molar-refractivity contribution in [3.05, 3.63) is 83.4 Å². The maximum Gasteiger partial charge on any atom is 0.573 e. The molecule has 0 amide bonds. The van der Waals surface area contributed by atoms with Crippen molar-refractivity contribution in [3.63, 3.8) is 0 Å². The second-order valence-corrected chi connectivity index (χ2v) is 11.7. The number of hydrogen-bond acceptors (Lipinski definition) is 6. The Balaban J connectivity index is 1.46. The number of rotatable bonds is 5. The molecule has 4 unspecified atom stereocenters. The van der Waals surface area contributed by atoms with E-state index in [2.05, 4.69) is 19.1 Å². The Hall–Kier alpha value is -3.26. The molecule has 5 rings (SSSR count). The first-order valence-corrected chi connectivity index (χ1v) is 14.0. The van der Waals surface area contributed by atoms with E-state index in [0.717, 1.165) is 12.1 Å². The van der Waals surface area contributed by atoms with E-state index < -0.39 is 51.8 Å². The summed E-state index contributed by atoms with van der Waals surface area (Å²) in [5.74, 6) is -1.29. The highest BCUT2D eigenvalue weighted by Gasteiger charge is 2.40. The van der Waals surface area contributed by atoms with Gasteiger partial charge in [0.15, 0.2) is 0 Å². The summed E-state index contributed by atoms with van der Waals surface area (Å²) in [6, 6.07) is 11.8. The Kier molecular flexibility index (Phi) is 7.75. The molecule has 7 nitrogen and oxygen atoms in total. The number of piperidine rings is 1. The van der Waals surface area contributed by atoms with Crippen LogP contribution in [-0.2, 0) is 22.8 Å². The number of nitrogens with zero attached hydrogens (tertiary/aromatic N) is 2. The van der Waals surface area contributed by atoms with Gasteiger partial charge in [-0.3, -0.25) is 0 Å². The summed E-state index contributed by atoms with van der Waals surface area (Å²) in [7, 11) is -2.07. The minimum absolute atomic E-state index is 0.107. The minimum atomic E-state index is -4.87. The Bertz CT molecular complexity index is 1460. The zero-order valence-corrected chi connectivity index (χ0v) is 22.1. The smallest absolute Gasteiger partial charge is 0.406 e. The van der Waals surface area contributed by atoms with Gasteiger partial charge in [-0.25, -0.2) is 22.1 Å². The van der Waals surface area contributed by atoms with E-state index in [4.69, 9.17) is 0 Å². The molecule has 4 atom stereocenters. The molecule has 0 aromatic heterocycles. The van der Waals surface area contributed by atoms with Gasteiger partial charge in [-0.05, 0) is 84.6 Å². The van der Waals surface area contributed by atoms with Crippen LogP contribution in [-0.4, -0.2) is 54.0 Å². The van der Waals surface area contributed by atoms with Crippen molar-refractivity contribution in [1.29, 1.82) is 0 Å². The highest BCUT2D eigenvalue weighted by molar-refractivity contribution is 7.91. The summed E-state index contributed by atoms with van der Waals surface area (Å²) in [6.45, 7) is 0.515. The Labute approximate surface area is 228 Å². The van der Waals surface area contributed by atoms with Crippen molar-refractivity contribution in [1.82, 2.24) is 10.0 Å². The van der Waals surface area contributed by atoms with Crippen LogP contribution < -0.4 is 19.7 Å². The average Bonchev–Trinajstić information content (AvgIpc) is 3.05. The lowest BCUT2D eigenvalue weighted by atomic mass is 9.96. The van der Waals surface area contributed by atoms with E-state index in [1.165, 1.54) is 43.4 Å². The summed E-state index contributed by atoms with van der Waals surface area (Å²) < 4.78 is 90.6. The zero-order chi connectivity index (χ0) is 28.7. The van der Waals surface area contributed by atoms with E-state index in [1.54, 1.807) is 12.1 Å². The van der Waals surface area contributed by atoms with Gasteiger partial charge in [0.25, 0.3) is 0 Å². The first-order valence-electron chi connectivity index (χ1n) is 12.5. The van der Waals surface area contributed by atoms with Crippen LogP contribution in [0, 0.1) is 11.6 Å². The van der Waals surface area contributed by atoms with Gasteiger partial charge in [-0.1, -0.05) is 0 Å². The summed E-state index contributed by atoms with van der Waals surface area (Å²) in [5.41, 5.74) is 2.73. The van der Waals surface area contributed by atoms with E-state index in [9.17, 15) is 31.3 Å². The van der Waals surface area contributed by atoms with Gasteiger partial charge in [0.2, 0.25) is 0 Å². The molecule has 0 saturated carbocycles. The Morgan fingerprint density at radius 3 is 2.08 bits per heavy atom. The number of anilines is 2. The number of aliphatic hydroxyl groups excluding tert-OH is 1. The number of fused-ring (bicyclic) bond motifs is 2. The fourth-order valence-electron chi connectivity index (χ4n) is 5.24. The third-order valence-corrected chi connectivity index (χ3v) is 9.11. The van der Waals surface area contributed by atoms with Crippen molar-refractivity contribution in [2.24, 2.45) is 4.36 Å². The third kappa shape index (κ3) is 5.78. The number of aliphatic hydroxyl groups is 1. The van der Waals surface area contributed by atoms with E-state index in [1.807, 2.05) is 4.90 Å². The molecule has 1 fully saturated rings. The van der Waals surface area contributed by atoms with Gasteiger partial charge in [0, 0.05) is 31.5 Å². The Morgan fingerprint density at radius 2 is 1.55 bits per heavy atom. The van der Waals surface area contributed by atoms with Crippen LogP contribution in [0.4, 0.5) is 33.3 Å². The summed E-state index contributed by atoms with van der Waals surface area (Å²) in [5, 5.41) is 14.8. The molecule has 0 bridgehead atoms. The maximum absolute atomic E-state index is 14.2. The molecule has 3 aromatic rings. The van der Waals surface area contributed by atoms with Crippen LogP contribution in [0.2, 0.25) is 0 Å². The molecular weight excluding hydrogens is 555 g/mol. The van der Waals surface area contributed by atoms with Crippen molar-refractivity contribution < 1.29 is 36.0 Å². The monoisotopic (exact) mass is 582 g/mol. The van der Waals surface area contributed by atoms with Crippen molar-refractivity contribution >= 4 is 21.3 Å². The highest BCUT2D eigenvalue weighted by Crippen LogP contribution is 2.39. The topological polar surface area (TPSA) is 86.2 Å². The van der Waals surface area contributed by atoms with Crippen LogP contribution in [0.25, 0.3) is 0 Å². The average molecular weight is 583 g/mol. The fourth-order valence-corrected chi connectivity index (χ4v) is 6.83. The number of aryl methyl sites for hydroxylation is 2. The molecule has 0 aliphatic carbocycles. The zero-order valence-electron chi connectivity index (χ0n) is 21.3. The second-order valence-electron chi connectivity index (χ2n) is 9.58. The standard InChI is InChI=1S/C27H27F5N4O3S/c1-33-40(38,21-8-6-20(7-9-21)39-27(30,31)32)35-22-14-34-15-25(26(22)37)36-23-10-4-18(28)12-16(23)2-3-17-13-19(29)5-11-24(17)36/h4-13,22,25-26,34,37H,2-3,14-15H2,1H3,(H,33,35,38). The second kappa shape index (κ2) is 11.0. The molecule has 1 saturated heterocycles. The van der Waals surface area contributed by atoms with Gasteiger partial charge in [0.05, 0.1) is 23.1 Å². The predicted octanol–water partition coefficient (Wildman–Crippen LogP) is 4.46. The van der Waals surface area contributed by atoms with E-state index in [-0.39, 0.29) is 11.4 Å². The van der Waals surface area contributed by atoms with Gasteiger partial charge < -0.3 is 20.1 Å². The van der Waals surface area contributed by atoms with Gasteiger partial charge >= 0.3 is 6.36 Å². The van der Waals surface area contributed by atoms with Gasteiger partial charge in [-0.15, -0.1) is 13.2 Å². The number of ether oxygens (including phenoxy) is 1. The number of benzene rings is 3. The molecule has 214 valence electrons. The van der Waals surface area contributed by atoms with Crippen LogP contribution >= 0.6 is 0 Å². The molecule has 2 heterocycles. The quantitative estimate of drug-likeness (QED) is 0.387. The summed E-state index contributed by atoms with van der Waals surface area (Å²) in [4.78, 5) is 1.96. The highest BCUT2D eigenvalue weighted by atomic mass is 32.2. The van der Waals surface area contributed by atoms with Crippen LogP contribution in [0.3, 0.4) is 0 Å². The van der Waals surface area contributed by atoms with E-state index >= 15 is 0 Å². The van der Waals surface area contributed by atoms with E-state index in [0.29, 0.717) is 41.9 Å². The van der Waals surface area contributed by atoms with Gasteiger partial charge in [0.1, 0.15) is 27.3 Å². The SMILES string of the molecule is CN=S(=O)(NC1CNCC(N2c3ccc(F)cc3CCc3cc(F)ccc32)C1O)c1ccc(OC(F)(F)F)cc1. The summed E-state index contributed by atoms with van der Waals surface area (Å²) in [6.07, 6.45) is -5.07. The van der Waals surface area contributed by atoms with Gasteiger partial charge in [-0.2, -0.15) is 0 Å². The molecule has 40 heavy (non-hydrogen) atoms. The summed E-state index contributed by atoms with van der Waals surface area (Å²) >= 11 is 0.